The van der Waals surface area contributed by atoms with E-state index in [0.717, 1.165) is 34.5 Å². The molecule has 4 rings (SSSR count). The SMILES string of the molecule is CC(=O)Nc1ccc(NCCNc2nnc(Cc3ccccc3)c3ccccc23)nc1. The van der Waals surface area contributed by atoms with Gasteiger partial charge in [-0.25, -0.2) is 4.98 Å². The normalized spacial score (nSPS) is 10.6. The fourth-order valence-electron chi connectivity index (χ4n) is 3.36. The molecule has 7 heteroatoms. The summed E-state index contributed by atoms with van der Waals surface area (Å²) in [6.45, 7) is 2.79. The van der Waals surface area contributed by atoms with Crippen molar-refractivity contribution in [2.75, 3.05) is 29.0 Å². The molecule has 0 fully saturated rings. The van der Waals surface area contributed by atoms with Crippen LogP contribution >= 0.6 is 0 Å². The lowest BCUT2D eigenvalue weighted by Crippen LogP contribution is -2.16. The number of carbonyl (C=O) groups excluding carboxylic acids is 1. The smallest absolute Gasteiger partial charge is 0.221 e. The minimum atomic E-state index is -0.116. The molecule has 7 nitrogen and oxygen atoms in total. The summed E-state index contributed by atoms with van der Waals surface area (Å²) in [7, 11) is 0. The van der Waals surface area contributed by atoms with Crippen molar-refractivity contribution in [3.63, 3.8) is 0 Å². The lowest BCUT2D eigenvalue weighted by atomic mass is 10.0. The van der Waals surface area contributed by atoms with Crippen molar-refractivity contribution in [1.29, 1.82) is 0 Å². The molecule has 0 aliphatic rings. The molecule has 3 N–H and O–H groups in total. The maximum atomic E-state index is 11.1. The van der Waals surface area contributed by atoms with Crippen LogP contribution in [0.4, 0.5) is 17.3 Å². The van der Waals surface area contributed by atoms with Crippen molar-refractivity contribution in [1.82, 2.24) is 15.2 Å². The zero-order chi connectivity index (χ0) is 21.5. The number of anilines is 3. The minimum absolute atomic E-state index is 0.116. The van der Waals surface area contributed by atoms with Crippen LogP contribution < -0.4 is 16.0 Å². The molecule has 2 aromatic heterocycles. The van der Waals surface area contributed by atoms with E-state index in [0.29, 0.717) is 18.8 Å². The zero-order valence-electron chi connectivity index (χ0n) is 17.3. The second kappa shape index (κ2) is 9.67. The van der Waals surface area contributed by atoms with Gasteiger partial charge in [-0.05, 0) is 17.7 Å². The van der Waals surface area contributed by atoms with Crippen molar-refractivity contribution in [2.45, 2.75) is 13.3 Å². The predicted octanol–water partition coefficient (Wildman–Crippen LogP) is 4.10. The molecule has 0 spiro atoms. The van der Waals surface area contributed by atoms with E-state index >= 15 is 0 Å². The van der Waals surface area contributed by atoms with E-state index in [4.69, 9.17) is 0 Å². The molecule has 31 heavy (non-hydrogen) atoms. The molecule has 0 atom stereocenters. The van der Waals surface area contributed by atoms with Crippen LogP contribution in [0.3, 0.4) is 0 Å². The highest BCUT2D eigenvalue weighted by molar-refractivity contribution is 5.93. The molecule has 0 bridgehead atoms. The summed E-state index contributed by atoms with van der Waals surface area (Å²) in [6.07, 6.45) is 2.37. The molecule has 0 aliphatic heterocycles. The molecule has 1 amide bonds. The Morgan fingerprint density at radius 1 is 0.839 bits per heavy atom. The molecule has 2 aromatic carbocycles. The number of pyridine rings is 1. The molecule has 4 aromatic rings. The topological polar surface area (TPSA) is 91.8 Å². The van der Waals surface area contributed by atoms with Crippen LogP contribution in [-0.4, -0.2) is 34.2 Å². The molecule has 0 unspecified atom stereocenters. The van der Waals surface area contributed by atoms with Crippen LogP contribution in [0.15, 0.2) is 72.9 Å². The number of nitrogens with zero attached hydrogens (tertiary/aromatic N) is 3. The summed E-state index contributed by atoms with van der Waals surface area (Å²) < 4.78 is 0. The van der Waals surface area contributed by atoms with E-state index in [1.54, 1.807) is 6.20 Å². The summed E-state index contributed by atoms with van der Waals surface area (Å²) in [4.78, 5) is 15.4. The van der Waals surface area contributed by atoms with E-state index in [2.05, 4.69) is 55.4 Å². The van der Waals surface area contributed by atoms with Crippen LogP contribution in [0.25, 0.3) is 10.8 Å². The third-order valence-electron chi connectivity index (χ3n) is 4.79. The maximum Gasteiger partial charge on any atom is 0.221 e. The second-order valence-corrected chi connectivity index (χ2v) is 7.17. The Bertz CT molecular complexity index is 1160. The van der Waals surface area contributed by atoms with Gasteiger partial charge in [0.2, 0.25) is 5.91 Å². The Hall–Kier alpha value is -4.00. The number of hydrogen-bond acceptors (Lipinski definition) is 6. The van der Waals surface area contributed by atoms with Crippen molar-refractivity contribution in [3.05, 3.63) is 84.2 Å². The first kappa shape index (κ1) is 20.3. The Morgan fingerprint density at radius 3 is 2.32 bits per heavy atom. The number of hydrogen-bond donors (Lipinski definition) is 3. The molecule has 156 valence electrons. The van der Waals surface area contributed by atoms with Crippen molar-refractivity contribution < 1.29 is 4.79 Å². The Morgan fingerprint density at radius 2 is 1.58 bits per heavy atom. The standard InChI is InChI=1S/C24H24N6O/c1-17(31)28-19-11-12-23(27-16-19)25-13-14-26-24-21-10-6-5-9-20(21)22(29-30-24)15-18-7-3-2-4-8-18/h2-12,16H,13-15H2,1H3,(H,25,27)(H,26,30)(H,28,31). The number of benzene rings is 2. The molecule has 0 aliphatic carbocycles. The van der Waals surface area contributed by atoms with Crippen LogP contribution in [0.5, 0.6) is 0 Å². The molecular weight excluding hydrogens is 388 g/mol. The Balaban J connectivity index is 1.39. The first-order chi connectivity index (χ1) is 15.2. The van der Waals surface area contributed by atoms with Gasteiger partial charge in [0.05, 0.1) is 17.6 Å². The average molecular weight is 412 g/mol. The first-order valence-corrected chi connectivity index (χ1v) is 10.2. The third kappa shape index (κ3) is 5.33. The molecule has 0 saturated heterocycles. The fraction of sp³-hybridized carbons (Fsp3) is 0.167. The average Bonchev–Trinajstić information content (AvgIpc) is 2.79. The number of amides is 1. The highest BCUT2D eigenvalue weighted by Crippen LogP contribution is 2.24. The van der Waals surface area contributed by atoms with E-state index < -0.39 is 0 Å². The lowest BCUT2D eigenvalue weighted by molar-refractivity contribution is -0.114. The first-order valence-electron chi connectivity index (χ1n) is 10.2. The number of carbonyl (C=O) groups is 1. The minimum Gasteiger partial charge on any atom is -0.368 e. The van der Waals surface area contributed by atoms with Crippen molar-refractivity contribution >= 4 is 34.0 Å². The summed E-state index contributed by atoms with van der Waals surface area (Å²) in [5, 5.41) is 20.4. The van der Waals surface area contributed by atoms with E-state index in [1.807, 2.05) is 42.5 Å². The molecule has 0 radical (unpaired) electrons. The summed E-state index contributed by atoms with van der Waals surface area (Å²) in [6, 6.07) is 22.1. The van der Waals surface area contributed by atoms with E-state index in [-0.39, 0.29) is 5.91 Å². The lowest BCUT2D eigenvalue weighted by Gasteiger charge is -2.12. The van der Waals surface area contributed by atoms with Gasteiger partial charge in [-0.1, -0.05) is 54.6 Å². The van der Waals surface area contributed by atoms with Crippen LogP contribution in [-0.2, 0) is 11.2 Å². The van der Waals surface area contributed by atoms with Gasteiger partial charge >= 0.3 is 0 Å². The van der Waals surface area contributed by atoms with E-state index in [1.165, 1.54) is 12.5 Å². The Kier molecular flexibility index (Phi) is 6.32. The van der Waals surface area contributed by atoms with Gasteiger partial charge in [0, 0.05) is 37.2 Å². The van der Waals surface area contributed by atoms with Gasteiger partial charge in [-0.3, -0.25) is 4.79 Å². The van der Waals surface area contributed by atoms with Gasteiger partial charge < -0.3 is 16.0 Å². The number of aromatic nitrogens is 3. The van der Waals surface area contributed by atoms with Crippen LogP contribution in [0, 0.1) is 0 Å². The van der Waals surface area contributed by atoms with Gasteiger partial charge in [0.1, 0.15) is 5.82 Å². The predicted molar refractivity (Wildman–Crippen MR) is 124 cm³/mol. The summed E-state index contributed by atoms with van der Waals surface area (Å²) in [5.74, 6) is 1.39. The number of nitrogens with one attached hydrogen (secondary N) is 3. The number of rotatable bonds is 8. The third-order valence-corrected chi connectivity index (χ3v) is 4.79. The monoisotopic (exact) mass is 412 g/mol. The van der Waals surface area contributed by atoms with Crippen LogP contribution in [0.2, 0.25) is 0 Å². The summed E-state index contributed by atoms with van der Waals surface area (Å²) in [5.41, 5.74) is 2.85. The molecule has 0 saturated carbocycles. The van der Waals surface area contributed by atoms with Gasteiger partial charge in [0.25, 0.3) is 0 Å². The fourth-order valence-corrected chi connectivity index (χ4v) is 3.36. The molecular formula is C24H24N6O. The maximum absolute atomic E-state index is 11.1. The van der Waals surface area contributed by atoms with Crippen molar-refractivity contribution in [3.8, 4) is 0 Å². The van der Waals surface area contributed by atoms with Gasteiger partial charge in [-0.15, -0.1) is 5.10 Å². The van der Waals surface area contributed by atoms with Gasteiger partial charge in [-0.2, -0.15) is 5.10 Å². The molecule has 2 heterocycles. The zero-order valence-corrected chi connectivity index (χ0v) is 17.3. The van der Waals surface area contributed by atoms with Crippen LogP contribution in [0.1, 0.15) is 18.2 Å². The highest BCUT2D eigenvalue weighted by atomic mass is 16.1. The second-order valence-electron chi connectivity index (χ2n) is 7.17. The van der Waals surface area contributed by atoms with Crippen molar-refractivity contribution in [2.24, 2.45) is 0 Å². The Labute approximate surface area is 180 Å². The quantitative estimate of drug-likeness (QED) is 0.378. The number of fused-ring (bicyclic) bond motifs is 1. The van der Waals surface area contributed by atoms with E-state index in [9.17, 15) is 4.79 Å². The van der Waals surface area contributed by atoms with Gasteiger partial charge in [0.15, 0.2) is 5.82 Å². The largest absolute Gasteiger partial charge is 0.368 e. The summed E-state index contributed by atoms with van der Waals surface area (Å²) >= 11 is 0. The highest BCUT2D eigenvalue weighted by Gasteiger charge is 2.09.